The molecule has 82 valence electrons. The van der Waals surface area contributed by atoms with Crippen molar-refractivity contribution in [1.82, 2.24) is 4.98 Å². The van der Waals surface area contributed by atoms with Crippen LogP contribution in [0.25, 0.3) is 0 Å². The Balaban J connectivity index is 2.26. The van der Waals surface area contributed by atoms with Gasteiger partial charge in [0.15, 0.2) is 5.75 Å². The Morgan fingerprint density at radius 3 is 2.75 bits per heavy atom. The average molecular weight is 239 g/mol. The standard InChI is InChI=1S/C11H8ClFN2O/c12-7-1-4-11(15-6-7)16-10-5-8(13)2-3-9(10)14/h1-6H,14H2. The predicted octanol–water partition coefficient (Wildman–Crippen LogP) is 3.25. The fraction of sp³-hybridized carbons (Fsp3) is 0. The van der Waals surface area contributed by atoms with Crippen molar-refractivity contribution in [3.05, 3.63) is 47.4 Å². The van der Waals surface area contributed by atoms with Gasteiger partial charge in [0.2, 0.25) is 5.88 Å². The molecular formula is C11H8ClFN2O. The molecule has 0 aliphatic heterocycles. The van der Waals surface area contributed by atoms with E-state index in [1.807, 2.05) is 0 Å². The molecule has 0 saturated heterocycles. The third kappa shape index (κ3) is 2.41. The second kappa shape index (κ2) is 4.37. The summed E-state index contributed by atoms with van der Waals surface area (Å²) in [5, 5.41) is 0.500. The summed E-state index contributed by atoms with van der Waals surface area (Å²) in [5.41, 5.74) is 5.97. The highest BCUT2D eigenvalue weighted by molar-refractivity contribution is 6.30. The number of nitrogens with zero attached hydrogens (tertiary/aromatic N) is 1. The minimum atomic E-state index is -0.418. The van der Waals surface area contributed by atoms with Gasteiger partial charge < -0.3 is 10.5 Å². The highest BCUT2D eigenvalue weighted by Gasteiger charge is 2.04. The van der Waals surface area contributed by atoms with Crippen molar-refractivity contribution in [2.24, 2.45) is 0 Å². The Hall–Kier alpha value is -1.81. The van der Waals surface area contributed by atoms with E-state index in [0.29, 0.717) is 16.6 Å². The molecule has 0 fully saturated rings. The molecule has 1 aromatic carbocycles. The van der Waals surface area contributed by atoms with Crippen molar-refractivity contribution in [3.8, 4) is 11.6 Å². The number of benzene rings is 1. The lowest BCUT2D eigenvalue weighted by Gasteiger charge is -2.07. The molecule has 0 aliphatic rings. The van der Waals surface area contributed by atoms with E-state index >= 15 is 0 Å². The zero-order chi connectivity index (χ0) is 11.5. The summed E-state index contributed by atoms with van der Waals surface area (Å²) in [6.07, 6.45) is 1.44. The van der Waals surface area contributed by atoms with Gasteiger partial charge in [-0.25, -0.2) is 9.37 Å². The van der Waals surface area contributed by atoms with Crippen LogP contribution < -0.4 is 10.5 Å². The molecule has 0 radical (unpaired) electrons. The number of halogens is 2. The molecule has 3 nitrogen and oxygen atoms in total. The topological polar surface area (TPSA) is 48.1 Å². The summed E-state index contributed by atoms with van der Waals surface area (Å²) in [4.78, 5) is 3.91. The van der Waals surface area contributed by atoms with Gasteiger partial charge >= 0.3 is 0 Å². The Kier molecular flexibility index (Phi) is 2.92. The van der Waals surface area contributed by atoms with Crippen LogP contribution in [0.3, 0.4) is 0 Å². The van der Waals surface area contributed by atoms with Crippen LogP contribution in [0, 0.1) is 5.82 Å². The number of hydrogen-bond acceptors (Lipinski definition) is 3. The lowest BCUT2D eigenvalue weighted by atomic mass is 10.3. The van der Waals surface area contributed by atoms with Crippen molar-refractivity contribution in [3.63, 3.8) is 0 Å². The summed E-state index contributed by atoms with van der Waals surface area (Å²) < 4.78 is 18.2. The number of aromatic nitrogens is 1. The molecular weight excluding hydrogens is 231 g/mol. The van der Waals surface area contributed by atoms with E-state index in [2.05, 4.69) is 4.98 Å². The molecule has 0 atom stereocenters. The summed E-state index contributed by atoms with van der Waals surface area (Å²) >= 11 is 5.67. The Morgan fingerprint density at radius 1 is 1.25 bits per heavy atom. The molecule has 0 aliphatic carbocycles. The molecule has 2 rings (SSSR count). The first-order valence-corrected chi connectivity index (χ1v) is 4.87. The van der Waals surface area contributed by atoms with Gasteiger partial charge in [0, 0.05) is 18.3 Å². The average Bonchev–Trinajstić information content (AvgIpc) is 2.27. The van der Waals surface area contributed by atoms with Gasteiger partial charge in [0.1, 0.15) is 5.82 Å². The molecule has 1 heterocycles. The zero-order valence-electron chi connectivity index (χ0n) is 8.15. The molecule has 5 heteroatoms. The molecule has 1 aromatic heterocycles. The lowest BCUT2D eigenvalue weighted by molar-refractivity contribution is 0.460. The van der Waals surface area contributed by atoms with E-state index < -0.39 is 5.82 Å². The maximum atomic E-state index is 12.9. The van der Waals surface area contributed by atoms with Crippen LogP contribution in [0.15, 0.2) is 36.5 Å². The van der Waals surface area contributed by atoms with Gasteiger partial charge in [-0.1, -0.05) is 11.6 Å². The number of pyridine rings is 1. The molecule has 0 unspecified atom stereocenters. The largest absolute Gasteiger partial charge is 0.437 e. The lowest BCUT2D eigenvalue weighted by Crippen LogP contribution is -1.94. The summed E-state index contributed by atoms with van der Waals surface area (Å²) in [5.74, 6) is 0.120. The normalized spacial score (nSPS) is 10.1. The fourth-order valence-electron chi connectivity index (χ4n) is 1.13. The molecule has 2 aromatic rings. The minimum absolute atomic E-state index is 0.231. The van der Waals surface area contributed by atoms with E-state index in [1.165, 1.54) is 24.4 Å². The minimum Gasteiger partial charge on any atom is -0.437 e. The number of rotatable bonds is 2. The molecule has 0 spiro atoms. The first kappa shape index (κ1) is 10.7. The predicted molar refractivity (Wildman–Crippen MR) is 60.1 cm³/mol. The maximum Gasteiger partial charge on any atom is 0.219 e. The van der Waals surface area contributed by atoms with Crippen molar-refractivity contribution in [2.75, 3.05) is 5.73 Å². The molecule has 16 heavy (non-hydrogen) atoms. The number of nitrogens with two attached hydrogens (primary N) is 1. The van der Waals surface area contributed by atoms with E-state index in [4.69, 9.17) is 22.1 Å². The van der Waals surface area contributed by atoms with Crippen LogP contribution >= 0.6 is 11.6 Å². The number of anilines is 1. The van der Waals surface area contributed by atoms with Crippen molar-refractivity contribution >= 4 is 17.3 Å². The van der Waals surface area contributed by atoms with Crippen LogP contribution in [-0.4, -0.2) is 4.98 Å². The van der Waals surface area contributed by atoms with Crippen LogP contribution in [0.4, 0.5) is 10.1 Å². The maximum absolute atomic E-state index is 12.9. The van der Waals surface area contributed by atoms with Gasteiger partial charge in [-0.2, -0.15) is 0 Å². The smallest absolute Gasteiger partial charge is 0.219 e. The van der Waals surface area contributed by atoms with Crippen molar-refractivity contribution in [2.45, 2.75) is 0 Å². The monoisotopic (exact) mass is 238 g/mol. The summed E-state index contributed by atoms with van der Waals surface area (Å²) in [6, 6.07) is 7.09. The SMILES string of the molecule is Nc1ccc(F)cc1Oc1ccc(Cl)cn1. The number of nitrogen functional groups attached to an aromatic ring is 1. The third-order valence-electron chi connectivity index (χ3n) is 1.89. The van der Waals surface area contributed by atoms with E-state index in [-0.39, 0.29) is 5.75 Å². The Morgan fingerprint density at radius 2 is 2.06 bits per heavy atom. The summed E-state index contributed by atoms with van der Waals surface area (Å²) in [7, 11) is 0. The van der Waals surface area contributed by atoms with Gasteiger partial charge in [-0.15, -0.1) is 0 Å². The molecule has 0 amide bonds. The van der Waals surface area contributed by atoms with Crippen molar-refractivity contribution < 1.29 is 9.13 Å². The third-order valence-corrected chi connectivity index (χ3v) is 2.11. The zero-order valence-corrected chi connectivity index (χ0v) is 8.91. The second-order valence-corrected chi connectivity index (χ2v) is 3.54. The van der Waals surface area contributed by atoms with Crippen LogP contribution in [0.5, 0.6) is 11.6 Å². The van der Waals surface area contributed by atoms with Crippen molar-refractivity contribution in [1.29, 1.82) is 0 Å². The van der Waals surface area contributed by atoms with Gasteiger partial charge in [-0.05, 0) is 18.2 Å². The van der Waals surface area contributed by atoms with E-state index in [1.54, 1.807) is 12.1 Å². The molecule has 0 saturated carbocycles. The first-order valence-electron chi connectivity index (χ1n) is 4.49. The molecule has 2 N–H and O–H groups in total. The number of ether oxygens (including phenoxy) is 1. The Labute approximate surface area is 96.6 Å². The summed E-state index contributed by atoms with van der Waals surface area (Å²) in [6.45, 7) is 0. The first-order chi connectivity index (χ1) is 7.65. The highest BCUT2D eigenvalue weighted by Crippen LogP contribution is 2.27. The molecule has 0 bridgehead atoms. The van der Waals surface area contributed by atoms with E-state index in [9.17, 15) is 4.39 Å². The van der Waals surface area contributed by atoms with Gasteiger partial charge in [0.25, 0.3) is 0 Å². The van der Waals surface area contributed by atoms with Gasteiger partial charge in [-0.3, -0.25) is 0 Å². The quantitative estimate of drug-likeness (QED) is 0.817. The Bertz CT molecular complexity index is 502. The highest BCUT2D eigenvalue weighted by atomic mass is 35.5. The van der Waals surface area contributed by atoms with E-state index in [0.717, 1.165) is 0 Å². The van der Waals surface area contributed by atoms with Gasteiger partial charge in [0.05, 0.1) is 10.7 Å². The fourth-order valence-corrected chi connectivity index (χ4v) is 1.24. The number of hydrogen-bond donors (Lipinski definition) is 1. The second-order valence-electron chi connectivity index (χ2n) is 3.10. The van der Waals surface area contributed by atoms with Crippen LogP contribution in [0.2, 0.25) is 5.02 Å². The van der Waals surface area contributed by atoms with Crippen LogP contribution in [-0.2, 0) is 0 Å². The van der Waals surface area contributed by atoms with Crippen LogP contribution in [0.1, 0.15) is 0 Å².